The second-order valence-electron chi connectivity index (χ2n) is 5.49. The molecule has 1 aromatic carbocycles. The number of anilines is 1. The first-order valence-corrected chi connectivity index (χ1v) is 7.39. The highest BCUT2D eigenvalue weighted by Crippen LogP contribution is 2.48. The van der Waals surface area contributed by atoms with Crippen molar-refractivity contribution in [3.05, 3.63) is 40.4 Å². The molecule has 4 atom stereocenters. The van der Waals surface area contributed by atoms with Crippen molar-refractivity contribution in [2.75, 3.05) is 5.32 Å². The molecule has 110 valence electrons. The van der Waals surface area contributed by atoms with Crippen LogP contribution < -0.4 is 5.32 Å². The van der Waals surface area contributed by atoms with Gasteiger partial charge in [0.05, 0.1) is 11.8 Å². The monoisotopic (exact) mass is 325 g/mol. The topological polar surface area (TPSA) is 66.4 Å². The Hall–Kier alpha value is -1.52. The Morgan fingerprint density at radius 3 is 2.19 bits per heavy atom. The number of allylic oxidation sites excluding steroid dienone is 2. The summed E-state index contributed by atoms with van der Waals surface area (Å²) in [4.78, 5) is 23.9. The maximum Gasteiger partial charge on any atom is 0.307 e. The number of fused-ring (bicyclic) bond motifs is 2. The molecule has 2 bridgehead atoms. The van der Waals surface area contributed by atoms with Gasteiger partial charge in [-0.1, -0.05) is 35.4 Å². The number of amides is 1. The van der Waals surface area contributed by atoms with Gasteiger partial charge < -0.3 is 10.4 Å². The minimum Gasteiger partial charge on any atom is -0.481 e. The Balaban J connectivity index is 1.82. The molecule has 1 amide bonds. The Morgan fingerprint density at radius 2 is 1.62 bits per heavy atom. The summed E-state index contributed by atoms with van der Waals surface area (Å²) < 4.78 is 0. The van der Waals surface area contributed by atoms with Crippen molar-refractivity contribution in [3.8, 4) is 0 Å². The van der Waals surface area contributed by atoms with Crippen molar-refractivity contribution in [2.45, 2.75) is 6.42 Å². The van der Waals surface area contributed by atoms with Gasteiger partial charge in [-0.05, 0) is 36.5 Å². The highest BCUT2D eigenvalue weighted by Gasteiger charge is 2.51. The van der Waals surface area contributed by atoms with Gasteiger partial charge in [0.15, 0.2) is 0 Å². The van der Waals surface area contributed by atoms with Crippen LogP contribution in [0.5, 0.6) is 0 Å². The van der Waals surface area contributed by atoms with Crippen LogP contribution in [0.2, 0.25) is 10.0 Å². The average Bonchev–Trinajstić information content (AvgIpc) is 2.96. The number of carbonyl (C=O) groups excluding carboxylic acids is 1. The van der Waals surface area contributed by atoms with E-state index in [-0.39, 0.29) is 17.7 Å². The smallest absolute Gasteiger partial charge is 0.307 e. The molecule has 0 saturated heterocycles. The van der Waals surface area contributed by atoms with Crippen LogP contribution in [-0.4, -0.2) is 17.0 Å². The fourth-order valence-electron chi connectivity index (χ4n) is 3.37. The maximum absolute atomic E-state index is 12.4. The van der Waals surface area contributed by atoms with Crippen LogP contribution >= 0.6 is 23.2 Å². The summed E-state index contributed by atoms with van der Waals surface area (Å²) in [6.07, 6.45) is 4.58. The lowest BCUT2D eigenvalue weighted by molar-refractivity contribution is -0.146. The van der Waals surface area contributed by atoms with Crippen molar-refractivity contribution in [3.63, 3.8) is 0 Å². The summed E-state index contributed by atoms with van der Waals surface area (Å²) >= 11 is 11.8. The Morgan fingerprint density at radius 1 is 1.05 bits per heavy atom. The lowest BCUT2D eigenvalue weighted by atomic mass is 9.82. The van der Waals surface area contributed by atoms with E-state index in [0.29, 0.717) is 15.7 Å². The van der Waals surface area contributed by atoms with Crippen LogP contribution in [0, 0.1) is 23.7 Å². The van der Waals surface area contributed by atoms with E-state index >= 15 is 0 Å². The van der Waals surface area contributed by atoms with Gasteiger partial charge in [-0.3, -0.25) is 9.59 Å². The van der Waals surface area contributed by atoms with Gasteiger partial charge >= 0.3 is 5.97 Å². The van der Waals surface area contributed by atoms with Crippen molar-refractivity contribution in [1.29, 1.82) is 0 Å². The summed E-state index contributed by atoms with van der Waals surface area (Å²) in [6.45, 7) is 0. The van der Waals surface area contributed by atoms with Gasteiger partial charge in [-0.15, -0.1) is 0 Å². The minimum atomic E-state index is -0.920. The number of hydrogen-bond donors (Lipinski definition) is 2. The van der Waals surface area contributed by atoms with E-state index in [0.717, 1.165) is 6.42 Å². The molecular weight excluding hydrogens is 313 g/mol. The number of hydrogen-bond acceptors (Lipinski definition) is 2. The third-order valence-electron chi connectivity index (χ3n) is 4.18. The number of carbonyl (C=O) groups is 2. The molecule has 21 heavy (non-hydrogen) atoms. The predicted octanol–water partition coefficient (Wildman–Crippen LogP) is 3.45. The van der Waals surface area contributed by atoms with E-state index < -0.39 is 17.8 Å². The van der Waals surface area contributed by atoms with Crippen LogP contribution in [0.1, 0.15) is 6.42 Å². The zero-order chi connectivity index (χ0) is 15.1. The third kappa shape index (κ3) is 2.65. The van der Waals surface area contributed by atoms with Crippen LogP contribution in [0.15, 0.2) is 30.4 Å². The molecule has 3 rings (SSSR count). The van der Waals surface area contributed by atoms with Crippen molar-refractivity contribution in [2.24, 2.45) is 23.7 Å². The number of rotatable bonds is 3. The van der Waals surface area contributed by atoms with Crippen LogP contribution in [0.25, 0.3) is 0 Å². The Bertz CT molecular complexity index is 624. The maximum atomic E-state index is 12.4. The number of aliphatic carboxylic acids is 1. The second-order valence-corrected chi connectivity index (χ2v) is 6.36. The van der Waals surface area contributed by atoms with E-state index in [1.54, 1.807) is 18.2 Å². The highest BCUT2D eigenvalue weighted by molar-refractivity contribution is 6.35. The molecular formula is C15H13Cl2NO3. The number of halogens is 2. The quantitative estimate of drug-likeness (QED) is 0.836. The normalized spacial score (nSPS) is 29.6. The lowest BCUT2D eigenvalue weighted by Crippen LogP contribution is -2.36. The zero-order valence-corrected chi connectivity index (χ0v) is 12.4. The molecule has 1 saturated carbocycles. The first-order valence-electron chi connectivity index (χ1n) is 6.64. The van der Waals surface area contributed by atoms with E-state index in [2.05, 4.69) is 5.32 Å². The number of benzene rings is 1. The fraction of sp³-hybridized carbons (Fsp3) is 0.333. The molecule has 2 aliphatic rings. The van der Waals surface area contributed by atoms with Crippen molar-refractivity contribution >= 4 is 40.8 Å². The highest BCUT2D eigenvalue weighted by atomic mass is 35.5. The molecule has 2 N–H and O–H groups in total. The molecule has 4 nitrogen and oxygen atoms in total. The van der Waals surface area contributed by atoms with Crippen molar-refractivity contribution in [1.82, 2.24) is 0 Å². The SMILES string of the molecule is O=C(O)[C@@H]1C2C=CC(C2)[C@@H]1C(=O)Nc1cc(Cl)cc(Cl)c1. The molecule has 6 heteroatoms. The van der Waals surface area contributed by atoms with Gasteiger partial charge in [0, 0.05) is 15.7 Å². The first kappa shape index (κ1) is 14.4. The van der Waals surface area contributed by atoms with Crippen LogP contribution in [-0.2, 0) is 9.59 Å². The summed E-state index contributed by atoms with van der Waals surface area (Å²) in [5, 5.41) is 12.9. The molecule has 0 aromatic heterocycles. The minimum absolute atomic E-state index is 0.00856. The van der Waals surface area contributed by atoms with E-state index in [1.165, 1.54) is 0 Å². The van der Waals surface area contributed by atoms with Crippen molar-refractivity contribution < 1.29 is 14.7 Å². The van der Waals surface area contributed by atoms with Crippen LogP contribution in [0.4, 0.5) is 5.69 Å². The molecule has 2 aliphatic carbocycles. The lowest BCUT2D eigenvalue weighted by Gasteiger charge is -2.23. The summed E-state index contributed by atoms with van der Waals surface area (Å²) in [5.41, 5.74) is 0.480. The second kappa shape index (κ2) is 5.35. The number of carboxylic acids is 1. The third-order valence-corrected chi connectivity index (χ3v) is 4.61. The first-order chi connectivity index (χ1) is 9.95. The number of nitrogens with one attached hydrogen (secondary N) is 1. The average molecular weight is 326 g/mol. The van der Waals surface area contributed by atoms with Crippen LogP contribution in [0.3, 0.4) is 0 Å². The van der Waals surface area contributed by atoms with E-state index in [9.17, 15) is 14.7 Å². The molecule has 0 spiro atoms. The largest absolute Gasteiger partial charge is 0.481 e. The van der Waals surface area contributed by atoms with Gasteiger partial charge in [0.2, 0.25) is 5.91 Å². The van der Waals surface area contributed by atoms with Gasteiger partial charge in [0.1, 0.15) is 0 Å². The predicted molar refractivity (Wildman–Crippen MR) is 80.4 cm³/mol. The molecule has 0 radical (unpaired) electrons. The van der Waals surface area contributed by atoms with Gasteiger partial charge in [-0.25, -0.2) is 0 Å². The van der Waals surface area contributed by atoms with Gasteiger partial charge in [0.25, 0.3) is 0 Å². The molecule has 1 fully saturated rings. The molecule has 1 aromatic rings. The van der Waals surface area contributed by atoms with E-state index in [1.807, 2.05) is 12.2 Å². The summed E-state index contributed by atoms with van der Waals surface area (Å²) in [6, 6.07) is 4.74. The zero-order valence-electron chi connectivity index (χ0n) is 10.9. The Kier molecular flexibility index (Phi) is 3.68. The van der Waals surface area contributed by atoms with E-state index in [4.69, 9.17) is 23.2 Å². The number of carboxylic acid groups (broad SMARTS) is 1. The molecule has 2 unspecified atom stereocenters. The summed E-state index contributed by atoms with van der Waals surface area (Å²) in [7, 11) is 0. The molecule has 0 heterocycles. The fourth-order valence-corrected chi connectivity index (χ4v) is 3.89. The standard InChI is InChI=1S/C15H13Cl2NO3/c16-9-4-10(17)6-11(5-9)18-14(19)12-7-1-2-8(3-7)13(12)15(20)21/h1-2,4-8,12-13H,3H2,(H,18,19)(H,20,21)/t7?,8?,12-,13+/m0/s1. The Labute approximate surface area is 131 Å². The van der Waals surface area contributed by atoms with Gasteiger partial charge in [-0.2, -0.15) is 0 Å². The summed E-state index contributed by atoms with van der Waals surface area (Å²) in [5.74, 6) is -2.48. The molecule has 0 aliphatic heterocycles.